The van der Waals surface area contributed by atoms with E-state index in [1.165, 1.54) is 23.1 Å². The smallest absolute Gasteiger partial charge is 0.242 e. The van der Waals surface area contributed by atoms with Crippen LogP contribution >= 0.6 is 34.8 Å². The summed E-state index contributed by atoms with van der Waals surface area (Å²) in [6.07, 6.45) is 1.89. The number of nitrogens with one attached hydrogen (secondary N) is 1. The first-order valence-electron chi connectivity index (χ1n) is 10.2. The molecule has 4 nitrogen and oxygen atoms in total. The van der Waals surface area contributed by atoms with Crippen LogP contribution in [0.25, 0.3) is 0 Å². The van der Waals surface area contributed by atoms with Gasteiger partial charge in [0.05, 0.1) is 6.42 Å². The van der Waals surface area contributed by atoms with Crippen molar-refractivity contribution in [2.24, 2.45) is 0 Å². The zero-order valence-corrected chi connectivity index (χ0v) is 19.8. The van der Waals surface area contributed by atoms with E-state index in [1.807, 2.05) is 13.8 Å². The van der Waals surface area contributed by atoms with Crippen molar-refractivity contribution in [2.75, 3.05) is 6.54 Å². The number of carbonyl (C=O) groups is 2. The van der Waals surface area contributed by atoms with E-state index in [0.29, 0.717) is 28.6 Å². The third-order valence-electron chi connectivity index (χ3n) is 4.96. The molecule has 2 amide bonds. The first kappa shape index (κ1) is 25.4. The van der Waals surface area contributed by atoms with E-state index in [9.17, 15) is 14.0 Å². The Hall–Kier alpha value is -1.82. The molecule has 0 saturated heterocycles. The lowest BCUT2D eigenvalue weighted by molar-refractivity contribution is -0.141. The number of hydrogen-bond donors (Lipinski definition) is 1. The van der Waals surface area contributed by atoms with E-state index in [1.54, 1.807) is 18.2 Å². The minimum Gasteiger partial charge on any atom is -0.354 e. The Labute approximate surface area is 197 Å². The minimum absolute atomic E-state index is 0.0839. The average Bonchev–Trinajstić information content (AvgIpc) is 2.72. The van der Waals surface area contributed by atoms with Crippen LogP contribution in [0.4, 0.5) is 4.39 Å². The lowest BCUT2D eigenvalue weighted by Gasteiger charge is -2.31. The van der Waals surface area contributed by atoms with E-state index in [2.05, 4.69) is 5.32 Å². The molecule has 0 heterocycles. The predicted molar refractivity (Wildman–Crippen MR) is 124 cm³/mol. The van der Waals surface area contributed by atoms with Crippen molar-refractivity contribution in [2.45, 2.75) is 52.1 Å². The molecule has 0 fully saturated rings. The molecular weight excluding hydrogens is 462 g/mol. The number of hydrogen-bond acceptors (Lipinski definition) is 2. The Morgan fingerprint density at radius 1 is 1.10 bits per heavy atom. The molecule has 2 aromatic carbocycles. The second kappa shape index (κ2) is 12.3. The third-order valence-corrected chi connectivity index (χ3v) is 5.90. The number of unbranched alkanes of at least 4 members (excludes halogenated alkanes) is 1. The Bertz CT molecular complexity index is 903. The van der Waals surface area contributed by atoms with Crippen molar-refractivity contribution in [3.05, 3.63) is 68.4 Å². The van der Waals surface area contributed by atoms with Gasteiger partial charge < -0.3 is 10.2 Å². The maximum Gasteiger partial charge on any atom is 0.242 e. The summed E-state index contributed by atoms with van der Waals surface area (Å²) in [4.78, 5) is 27.6. The van der Waals surface area contributed by atoms with Crippen LogP contribution in [0, 0.1) is 5.82 Å². The number of carbonyl (C=O) groups excluding carboxylic acids is 2. The van der Waals surface area contributed by atoms with Gasteiger partial charge in [0.25, 0.3) is 0 Å². The molecule has 2 rings (SSSR count). The zero-order chi connectivity index (χ0) is 23.0. The summed E-state index contributed by atoms with van der Waals surface area (Å²) in [7, 11) is 0. The summed E-state index contributed by atoms with van der Waals surface area (Å²) in [5.41, 5.74) is 0.737. The summed E-state index contributed by atoms with van der Waals surface area (Å²) in [5.74, 6) is -1.24. The number of nitrogens with zero attached hydrogens (tertiary/aromatic N) is 1. The summed E-state index contributed by atoms with van der Waals surface area (Å²) in [5, 5.41) is 3.90. The first-order chi connectivity index (χ1) is 14.8. The molecule has 0 aliphatic heterocycles. The van der Waals surface area contributed by atoms with Gasteiger partial charge in [-0.05, 0) is 42.7 Å². The van der Waals surface area contributed by atoms with Crippen molar-refractivity contribution in [3.63, 3.8) is 0 Å². The Kier molecular flexibility index (Phi) is 10.1. The summed E-state index contributed by atoms with van der Waals surface area (Å²) in [6, 6.07) is 8.49. The van der Waals surface area contributed by atoms with E-state index < -0.39 is 17.8 Å². The van der Waals surface area contributed by atoms with E-state index in [4.69, 9.17) is 34.8 Å². The molecule has 0 unspecified atom stereocenters. The Morgan fingerprint density at radius 2 is 1.84 bits per heavy atom. The molecule has 31 heavy (non-hydrogen) atoms. The van der Waals surface area contributed by atoms with Crippen LogP contribution in [-0.2, 0) is 22.6 Å². The molecule has 0 aliphatic carbocycles. The molecule has 0 bridgehead atoms. The summed E-state index contributed by atoms with van der Waals surface area (Å²) >= 11 is 18.4. The molecule has 1 atom stereocenters. The topological polar surface area (TPSA) is 49.4 Å². The van der Waals surface area contributed by atoms with Gasteiger partial charge in [0.1, 0.15) is 11.9 Å². The third kappa shape index (κ3) is 7.09. The maximum atomic E-state index is 14.3. The van der Waals surface area contributed by atoms with Gasteiger partial charge in [0, 0.05) is 33.7 Å². The van der Waals surface area contributed by atoms with E-state index >= 15 is 0 Å². The first-order valence-corrected chi connectivity index (χ1v) is 11.4. The minimum atomic E-state index is -0.735. The quantitative estimate of drug-likeness (QED) is 0.415. The van der Waals surface area contributed by atoms with Crippen LogP contribution < -0.4 is 5.32 Å². The molecule has 0 aromatic heterocycles. The van der Waals surface area contributed by atoms with Crippen LogP contribution in [0.15, 0.2) is 36.4 Å². The largest absolute Gasteiger partial charge is 0.354 e. The van der Waals surface area contributed by atoms with Crippen LogP contribution in [0.1, 0.15) is 44.2 Å². The Morgan fingerprint density at radius 3 is 2.45 bits per heavy atom. The molecule has 0 spiro atoms. The van der Waals surface area contributed by atoms with Gasteiger partial charge in [-0.15, -0.1) is 0 Å². The highest BCUT2D eigenvalue weighted by molar-refractivity contribution is 6.35. The fraction of sp³-hybridized carbons (Fsp3) is 0.391. The van der Waals surface area contributed by atoms with Crippen LogP contribution in [0.3, 0.4) is 0 Å². The second-order valence-electron chi connectivity index (χ2n) is 7.20. The lowest BCUT2D eigenvalue weighted by Crippen LogP contribution is -2.49. The second-order valence-corrected chi connectivity index (χ2v) is 8.45. The average molecular weight is 488 g/mol. The number of rotatable bonds is 10. The zero-order valence-electron chi connectivity index (χ0n) is 17.6. The van der Waals surface area contributed by atoms with Gasteiger partial charge in [-0.3, -0.25) is 9.59 Å². The van der Waals surface area contributed by atoms with Crippen LogP contribution in [0.5, 0.6) is 0 Å². The normalized spacial score (nSPS) is 11.8. The van der Waals surface area contributed by atoms with E-state index in [-0.39, 0.29) is 29.5 Å². The van der Waals surface area contributed by atoms with Crippen LogP contribution in [0.2, 0.25) is 15.1 Å². The monoisotopic (exact) mass is 486 g/mol. The SMILES string of the molecule is CCCCNC(=O)[C@@H](CC)N(Cc1ccc(Cl)cc1Cl)C(=O)Cc1c(F)cccc1Cl. The van der Waals surface area contributed by atoms with Crippen molar-refractivity contribution in [1.29, 1.82) is 0 Å². The van der Waals surface area contributed by atoms with Gasteiger partial charge >= 0.3 is 0 Å². The molecule has 0 saturated carbocycles. The van der Waals surface area contributed by atoms with Crippen molar-refractivity contribution in [3.8, 4) is 0 Å². The predicted octanol–water partition coefficient (Wildman–Crippen LogP) is 6.05. The molecule has 0 radical (unpaired) electrons. The van der Waals surface area contributed by atoms with Crippen molar-refractivity contribution in [1.82, 2.24) is 10.2 Å². The van der Waals surface area contributed by atoms with Gasteiger partial charge in [0.15, 0.2) is 0 Å². The maximum absolute atomic E-state index is 14.3. The van der Waals surface area contributed by atoms with Crippen LogP contribution in [-0.4, -0.2) is 29.3 Å². The van der Waals surface area contributed by atoms with Gasteiger partial charge in [0.2, 0.25) is 11.8 Å². The fourth-order valence-corrected chi connectivity index (χ4v) is 3.91. The fourth-order valence-electron chi connectivity index (χ4n) is 3.21. The summed E-state index contributed by atoms with van der Waals surface area (Å²) < 4.78 is 14.3. The van der Waals surface area contributed by atoms with Gasteiger partial charge in [-0.2, -0.15) is 0 Å². The molecular formula is C23H26Cl3FN2O2. The number of halogens is 4. The molecule has 2 aromatic rings. The highest BCUT2D eigenvalue weighted by Crippen LogP contribution is 2.25. The van der Waals surface area contributed by atoms with E-state index in [0.717, 1.165) is 12.8 Å². The van der Waals surface area contributed by atoms with Gasteiger partial charge in [-0.25, -0.2) is 4.39 Å². The highest BCUT2D eigenvalue weighted by atomic mass is 35.5. The standard InChI is InChI=1S/C23H26Cl3FN2O2/c1-3-5-11-28-23(31)21(4-2)29(14-15-9-10-16(24)12-19(15)26)22(30)13-17-18(25)7-6-8-20(17)27/h6-10,12,21H,3-5,11,13-14H2,1-2H3,(H,28,31)/t21-/m1/s1. The molecule has 1 N–H and O–H groups in total. The number of benzene rings is 2. The van der Waals surface area contributed by atoms with Gasteiger partial charge in [-0.1, -0.05) is 67.2 Å². The number of amides is 2. The molecule has 0 aliphatic rings. The summed E-state index contributed by atoms with van der Waals surface area (Å²) in [6.45, 7) is 4.46. The molecule has 168 valence electrons. The highest BCUT2D eigenvalue weighted by Gasteiger charge is 2.30. The van der Waals surface area contributed by atoms with Crippen molar-refractivity contribution >= 4 is 46.6 Å². The van der Waals surface area contributed by atoms with Crippen molar-refractivity contribution < 1.29 is 14.0 Å². The molecule has 8 heteroatoms. The Balaban J connectivity index is 2.35. The lowest BCUT2D eigenvalue weighted by atomic mass is 10.1.